The average Bonchev–Trinajstić information content (AvgIpc) is 2.71. The second-order valence-corrected chi connectivity index (χ2v) is 7.29. The quantitative estimate of drug-likeness (QED) is 0.732. The molecule has 0 atom stereocenters. The zero-order valence-corrected chi connectivity index (χ0v) is 17.4. The molecule has 1 heterocycles. The third-order valence-corrected chi connectivity index (χ3v) is 5.43. The number of thiocarbonyl (C=S) groups is 1. The Morgan fingerprint density at radius 3 is 2.50 bits per heavy atom. The van der Waals surface area contributed by atoms with Gasteiger partial charge in [0.05, 0.1) is 19.9 Å². The molecule has 2 aromatic carbocycles. The third kappa shape index (κ3) is 5.04. The van der Waals surface area contributed by atoms with Gasteiger partial charge in [-0.3, -0.25) is 4.90 Å². The number of piperazine rings is 1. The number of nitrogens with zero attached hydrogens (tertiary/aromatic N) is 2. The van der Waals surface area contributed by atoms with E-state index in [0.717, 1.165) is 43.2 Å². The van der Waals surface area contributed by atoms with Crippen LogP contribution in [0.2, 0.25) is 5.02 Å². The van der Waals surface area contributed by atoms with Gasteiger partial charge in [-0.05, 0) is 42.0 Å². The van der Waals surface area contributed by atoms with E-state index in [-0.39, 0.29) is 5.82 Å². The molecule has 0 spiro atoms. The number of ether oxygens (including phenoxy) is 2. The van der Waals surface area contributed by atoms with E-state index in [2.05, 4.69) is 15.1 Å². The van der Waals surface area contributed by atoms with Gasteiger partial charge in [0.25, 0.3) is 0 Å². The predicted molar refractivity (Wildman–Crippen MR) is 114 cm³/mol. The van der Waals surface area contributed by atoms with Crippen LogP contribution in [0.15, 0.2) is 36.4 Å². The highest BCUT2D eigenvalue weighted by Crippen LogP contribution is 2.29. The maximum atomic E-state index is 13.2. The van der Waals surface area contributed by atoms with Gasteiger partial charge in [0.15, 0.2) is 5.11 Å². The first-order chi connectivity index (χ1) is 13.5. The van der Waals surface area contributed by atoms with E-state index in [1.807, 2.05) is 18.2 Å². The molecule has 0 saturated carbocycles. The number of anilines is 1. The summed E-state index contributed by atoms with van der Waals surface area (Å²) in [6.07, 6.45) is 0. The van der Waals surface area contributed by atoms with Crippen LogP contribution in [0.4, 0.5) is 10.1 Å². The molecule has 8 heteroatoms. The Hall–Kier alpha value is -2.09. The largest absolute Gasteiger partial charge is 0.497 e. The van der Waals surface area contributed by atoms with Crippen molar-refractivity contribution in [1.82, 2.24) is 9.80 Å². The Bertz CT molecular complexity index is 844. The first-order valence-electron chi connectivity index (χ1n) is 8.94. The van der Waals surface area contributed by atoms with Crippen molar-refractivity contribution in [3.8, 4) is 11.5 Å². The molecule has 0 bridgehead atoms. The minimum absolute atomic E-state index is 0.316. The highest BCUT2D eigenvalue weighted by atomic mass is 35.5. The summed E-state index contributed by atoms with van der Waals surface area (Å²) in [5, 5.41) is 4.38. The summed E-state index contributed by atoms with van der Waals surface area (Å²) < 4.78 is 23.8. The zero-order chi connectivity index (χ0) is 20.1. The monoisotopic (exact) mass is 423 g/mol. The van der Waals surface area contributed by atoms with Crippen LogP contribution in [0.3, 0.4) is 0 Å². The first kappa shape index (κ1) is 20.6. The lowest BCUT2D eigenvalue weighted by Gasteiger charge is -2.36. The molecular formula is C20H23ClFN3O2S. The lowest BCUT2D eigenvalue weighted by atomic mass is 10.2. The molecule has 2 aromatic rings. The number of methoxy groups -OCH3 is 2. The van der Waals surface area contributed by atoms with Crippen LogP contribution in [0.1, 0.15) is 5.56 Å². The first-order valence-corrected chi connectivity index (χ1v) is 9.73. The van der Waals surface area contributed by atoms with Gasteiger partial charge in [-0.25, -0.2) is 4.39 Å². The van der Waals surface area contributed by atoms with E-state index >= 15 is 0 Å². The average molecular weight is 424 g/mol. The van der Waals surface area contributed by atoms with Crippen molar-refractivity contribution in [2.24, 2.45) is 0 Å². The Morgan fingerprint density at radius 1 is 1.11 bits per heavy atom. The molecule has 1 N–H and O–H groups in total. The van der Waals surface area contributed by atoms with Gasteiger partial charge < -0.3 is 19.7 Å². The lowest BCUT2D eigenvalue weighted by molar-refractivity contribution is 0.177. The van der Waals surface area contributed by atoms with Crippen molar-refractivity contribution < 1.29 is 13.9 Å². The highest BCUT2D eigenvalue weighted by Gasteiger charge is 2.20. The SMILES string of the molecule is COc1ccc(NC(=S)N2CCN(Cc3ccc(F)cc3Cl)CC2)c(OC)c1. The lowest BCUT2D eigenvalue weighted by Crippen LogP contribution is -2.49. The van der Waals surface area contributed by atoms with Crippen molar-refractivity contribution >= 4 is 34.6 Å². The number of hydrogen-bond donors (Lipinski definition) is 1. The maximum absolute atomic E-state index is 13.2. The molecule has 150 valence electrons. The van der Waals surface area contributed by atoms with Crippen LogP contribution >= 0.6 is 23.8 Å². The van der Waals surface area contributed by atoms with Gasteiger partial charge >= 0.3 is 0 Å². The van der Waals surface area contributed by atoms with E-state index in [1.54, 1.807) is 20.3 Å². The molecule has 3 rings (SSSR count). The van der Waals surface area contributed by atoms with Gasteiger partial charge in [0.1, 0.15) is 17.3 Å². The standard InChI is InChI=1S/C20H23ClFN3O2S/c1-26-16-5-6-18(19(12-16)27-2)23-20(28)25-9-7-24(8-10-25)13-14-3-4-15(22)11-17(14)21/h3-6,11-12H,7-10,13H2,1-2H3,(H,23,28). The molecule has 1 saturated heterocycles. The van der Waals surface area contributed by atoms with Crippen LogP contribution in [-0.4, -0.2) is 55.3 Å². The summed E-state index contributed by atoms with van der Waals surface area (Å²) in [6.45, 7) is 3.97. The van der Waals surface area contributed by atoms with Crippen LogP contribution < -0.4 is 14.8 Å². The summed E-state index contributed by atoms with van der Waals surface area (Å²) in [6, 6.07) is 10.1. The van der Waals surface area contributed by atoms with Crippen LogP contribution in [0.25, 0.3) is 0 Å². The van der Waals surface area contributed by atoms with Crippen molar-refractivity contribution in [2.45, 2.75) is 6.54 Å². The molecule has 0 aromatic heterocycles. The molecule has 0 aliphatic carbocycles. The fourth-order valence-electron chi connectivity index (χ4n) is 3.10. The molecule has 0 amide bonds. The van der Waals surface area contributed by atoms with Gasteiger partial charge in [-0.2, -0.15) is 0 Å². The van der Waals surface area contributed by atoms with Crippen molar-refractivity contribution in [3.05, 3.63) is 52.8 Å². The fourth-order valence-corrected chi connectivity index (χ4v) is 3.62. The van der Waals surface area contributed by atoms with Crippen LogP contribution in [0.5, 0.6) is 11.5 Å². The topological polar surface area (TPSA) is 37.0 Å². The van der Waals surface area contributed by atoms with Gasteiger partial charge in [-0.1, -0.05) is 17.7 Å². The second kappa shape index (κ2) is 9.41. The minimum atomic E-state index is -0.316. The third-order valence-electron chi connectivity index (χ3n) is 4.72. The van der Waals surface area contributed by atoms with Crippen LogP contribution in [-0.2, 0) is 6.54 Å². The summed E-state index contributed by atoms with van der Waals surface area (Å²) >= 11 is 11.7. The number of halogens is 2. The van der Waals surface area contributed by atoms with Gasteiger partial charge in [0, 0.05) is 43.8 Å². The van der Waals surface area contributed by atoms with E-state index < -0.39 is 0 Å². The van der Waals surface area contributed by atoms with E-state index in [1.165, 1.54) is 12.1 Å². The summed E-state index contributed by atoms with van der Waals surface area (Å²) in [5.74, 6) is 1.08. The van der Waals surface area contributed by atoms with Gasteiger partial charge in [0.2, 0.25) is 0 Å². The fraction of sp³-hybridized carbons (Fsp3) is 0.350. The number of nitrogens with one attached hydrogen (secondary N) is 1. The van der Waals surface area contributed by atoms with Crippen molar-refractivity contribution in [1.29, 1.82) is 0 Å². The Morgan fingerprint density at radius 2 is 1.86 bits per heavy atom. The Balaban J connectivity index is 1.55. The molecule has 1 aliphatic rings. The molecular weight excluding hydrogens is 401 g/mol. The molecule has 28 heavy (non-hydrogen) atoms. The molecule has 0 radical (unpaired) electrons. The highest BCUT2D eigenvalue weighted by molar-refractivity contribution is 7.80. The summed E-state index contributed by atoms with van der Waals surface area (Å²) in [5.41, 5.74) is 1.73. The maximum Gasteiger partial charge on any atom is 0.173 e. The molecule has 1 fully saturated rings. The minimum Gasteiger partial charge on any atom is -0.497 e. The second-order valence-electron chi connectivity index (χ2n) is 6.50. The number of benzene rings is 2. The normalized spacial score (nSPS) is 14.6. The smallest absolute Gasteiger partial charge is 0.173 e. The van der Waals surface area contributed by atoms with E-state index in [0.29, 0.717) is 22.4 Å². The van der Waals surface area contributed by atoms with E-state index in [9.17, 15) is 4.39 Å². The predicted octanol–water partition coefficient (Wildman–Crippen LogP) is 4.01. The zero-order valence-electron chi connectivity index (χ0n) is 15.9. The van der Waals surface area contributed by atoms with Crippen molar-refractivity contribution in [2.75, 3.05) is 45.7 Å². The molecule has 5 nitrogen and oxygen atoms in total. The number of hydrogen-bond acceptors (Lipinski definition) is 4. The van der Waals surface area contributed by atoms with Gasteiger partial charge in [-0.15, -0.1) is 0 Å². The molecule has 1 aliphatic heterocycles. The molecule has 0 unspecified atom stereocenters. The summed E-state index contributed by atoms with van der Waals surface area (Å²) in [4.78, 5) is 4.41. The number of rotatable bonds is 5. The summed E-state index contributed by atoms with van der Waals surface area (Å²) in [7, 11) is 3.23. The van der Waals surface area contributed by atoms with Crippen LogP contribution in [0, 0.1) is 5.82 Å². The van der Waals surface area contributed by atoms with Crippen molar-refractivity contribution in [3.63, 3.8) is 0 Å². The van der Waals surface area contributed by atoms with E-state index in [4.69, 9.17) is 33.3 Å². The Labute approximate surface area is 175 Å². The Kier molecular flexibility index (Phi) is 6.93.